The van der Waals surface area contributed by atoms with E-state index < -0.39 is 17.7 Å². The third-order valence-electron chi connectivity index (χ3n) is 3.64. The molecule has 1 heterocycles. The van der Waals surface area contributed by atoms with Crippen LogP contribution in [0.25, 0.3) is 0 Å². The average Bonchev–Trinajstić information content (AvgIpc) is 2.64. The van der Waals surface area contributed by atoms with Crippen molar-refractivity contribution in [3.05, 3.63) is 59.9 Å². The fourth-order valence-corrected chi connectivity index (χ4v) is 2.25. The molecule has 2 amide bonds. The van der Waals surface area contributed by atoms with Gasteiger partial charge in [-0.05, 0) is 51.5 Å². The Bertz CT molecular complexity index is 770. The summed E-state index contributed by atoms with van der Waals surface area (Å²) in [5.74, 6) is 0.446. The standard InChI is InChI=1S/C21H27N3O4/c1-15(24-20(26)28-21(2,3)4)19(25)23-13-16-7-9-18(10-8-16)27-14-17-6-5-11-22-12-17/h5-12,15H,13-14H2,1-4H3,(H,23,25)(H,24,26)/t15-/m1/s1. The first-order chi connectivity index (χ1) is 13.2. The Kier molecular flexibility index (Phi) is 7.37. The molecule has 0 radical (unpaired) electrons. The molecule has 0 aliphatic carbocycles. The van der Waals surface area contributed by atoms with Crippen molar-refractivity contribution in [1.82, 2.24) is 15.6 Å². The highest BCUT2D eigenvalue weighted by Crippen LogP contribution is 2.14. The zero-order valence-corrected chi connectivity index (χ0v) is 16.7. The number of nitrogens with zero attached hydrogens (tertiary/aromatic N) is 1. The smallest absolute Gasteiger partial charge is 0.408 e. The molecule has 2 N–H and O–H groups in total. The summed E-state index contributed by atoms with van der Waals surface area (Å²) in [5, 5.41) is 5.30. The van der Waals surface area contributed by atoms with E-state index >= 15 is 0 Å². The van der Waals surface area contributed by atoms with E-state index in [1.165, 1.54) is 0 Å². The molecule has 0 spiro atoms. The highest BCUT2D eigenvalue weighted by atomic mass is 16.6. The Hall–Kier alpha value is -3.09. The maximum Gasteiger partial charge on any atom is 0.408 e. The number of aromatic nitrogens is 1. The zero-order chi connectivity index (χ0) is 20.6. The van der Waals surface area contributed by atoms with Gasteiger partial charge in [-0.2, -0.15) is 0 Å². The summed E-state index contributed by atoms with van der Waals surface area (Å²) < 4.78 is 10.8. The first-order valence-corrected chi connectivity index (χ1v) is 9.11. The van der Waals surface area contributed by atoms with Crippen LogP contribution in [0, 0.1) is 0 Å². The summed E-state index contributed by atoms with van der Waals surface area (Å²) >= 11 is 0. The number of alkyl carbamates (subject to hydrolysis) is 1. The molecule has 2 rings (SSSR count). The van der Waals surface area contributed by atoms with Crippen LogP contribution in [0.4, 0.5) is 4.79 Å². The van der Waals surface area contributed by atoms with Crippen LogP contribution in [0.2, 0.25) is 0 Å². The van der Waals surface area contributed by atoms with Gasteiger partial charge in [0, 0.05) is 24.5 Å². The van der Waals surface area contributed by atoms with Gasteiger partial charge in [-0.3, -0.25) is 9.78 Å². The summed E-state index contributed by atoms with van der Waals surface area (Å²) in [4.78, 5) is 27.9. The fraction of sp³-hybridized carbons (Fsp3) is 0.381. The number of pyridine rings is 1. The van der Waals surface area contributed by atoms with Crippen LogP contribution in [0.15, 0.2) is 48.8 Å². The SMILES string of the molecule is C[C@@H](NC(=O)OC(C)(C)C)C(=O)NCc1ccc(OCc2cccnc2)cc1. The van der Waals surface area contributed by atoms with Crippen molar-refractivity contribution >= 4 is 12.0 Å². The average molecular weight is 385 g/mol. The summed E-state index contributed by atoms with van der Waals surface area (Å²) in [6.07, 6.45) is 2.86. The van der Waals surface area contributed by atoms with Crippen molar-refractivity contribution in [3.8, 4) is 5.75 Å². The molecule has 28 heavy (non-hydrogen) atoms. The Labute approximate surface area is 165 Å². The van der Waals surface area contributed by atoms with Crippen LogP contribution in [-0.2, 0) is 22.7 Å². The molecule has 1 aromatic heterocycles. The lowest BCUT2D eigenvalue weighted by Gasteiger charge is -2.21. The number of amides is 2. The second-order valence-electron chi connectivity index (χ2n) is 7.38. The number of hydrogen-bond donors (Lipinski definition) is 2. The van der Waals surface area contributed by atoms with Gasteiger partial charge in [0.1, 0.15) is 24.0 Å². The molecular weight excluding hydrogens is 358 g/mol. The highest BCUT2D eigenvalue weighted by molar-refractivity contribution is 5.85. The molecule has 2 aromatic rings. The lowest BCUT2D eigenvalue weighted by molar-refractivity contribution is -0.122. The largest absolute Gasteiger partial charge is 0.489 e. The molecule has 7 nitrogen and oxygen atoms in total. The van der Waals surface area contributed by atoms with E-state index in [1.807, 2.05) is 36.4 Å². The van der Waals surface area contributed by atoms with E-state index in [2.05, 4.69) is 15.6 Å². The number of rotatable bonds is 7. The van der Waals surface area contributed by atoms with Crippen molar-refractivity contribution in [1.29, 1.82) is 0 Å². The van der Waals surface area contributed by atoms with Crippen molar-refractivity contribution in [2.75, 3.05) is 0 Å². The summed E-state index contributed by atoms with van der Waals surface area (Å²) in [6.45, 7) is 7.69. The minimum absolute atomic E-state index is 0.289. The first kappa shape index (κ1) is 21.2. The van der Waals surface area contributed by atoms with E-state index in [0.29, 0.717) is 13.2 Å². The molecular formula is C21H27N3O4. The van der Waals surface area contributed by atoms with Crippen molar-refractivity contribution < 1.29 is 19.1 Å². The molecule has 1 aromatic carbocycles. The van der Waals surface area contributed by atoms with Crippen LogP contribution in [0.1, 0.15) is 38.8 Å². The molecule has 1 atom stereocenters. The normalized spacial score (nSPS) is 12.0. The quantitative estimate of drug-likeness (QED) is 0.764. The Balaban J connectivity index is 1.76. The lowest BCUT2D eigenvalue weighted by Crippen LogP contribution is -2.46. The summed E-state index contributed by atoms with van der Waals surface area (Å²) in [5.41, 5.74) is 1.30. The number of benzene rings is 1. The summed E-state index contributed by atoms with van der Waals surface area (Å²) in [6, 6.07) is 10.6. The Morgan fingerprint density at radius 2 is 1.82 bits per heavy atom. The van der Waals surface area contributed by atoms with Crippen LogP contribution in [0.3, 0.4) is 0 Å². The number of carbonyl (C=O) groups is 2. The van der Waals surface area contributed by atoms with Gasteiger partial charge in [-0.15, -0.1) is 0 Å². The molecule has 0 bridgehead atoms. The minimum atomic E-state index is -0.697. The van der Waals surface area contributed by atoms with Crippen LogP contribution < -0.4 is 15.4 Å². The fourth-order valence-electron chi connectivity index (χ4n) is 2.25. The molecule has 0 unspecified atom stereocenters. The van der Waals surface area contributed by atoms with Crippen molar-refractivity contribution in [2.45, 2.75) is 52.5 Å². The van der Waals surface area contributed by atoms with Gasteiger partial charge >= 0.3 is 6.09 Å². The van der Waals surface area contributed by atoms with E-state index in [0.717, 1.165) is 16.9 Å². The van der Waals surface area contributed by atoms with Gasteiger partial charge in [0.15, 0.2) is 0 Å². The highest BCUT2D eigenvalue weighted by Gasteiger charge is 2.20. The van der Waals surface area contributed by atoms with Crippen LogP contribution in [-0.4, -0.2) is 28.6 Å². The van der Waals surface area contributed by atoms with E-state index in [1.54, 1.807) is 40.1 Å². The zero-order valence-electron chi connectivity index (χ0n) is 16.7. The predicted octanol–water partition coefficient (Wildman–Crippen LogP) is 3.19. The van der Waals surface area contributed by atoms with Gasteiger partial charge in [0.05, 0.1) is 0 Å². The molecule has 150 valence electrons. The van der Waals surface area contributed by atoms with Gasteiger partial charge in [0.2, 0.25) is 5.91 Å². The maximum absolute atomic E-state index is 12.1. The van der Waals surface area contributed by atoms with Crippen molar-refractivity contribution in [3.63, 3.8) is 0 Å². The third-order valence-corrected chi connectivity index (χ3v) is 3.64. The van der Waals surface area contributed by atoms with Crippen LogP contribution in [0.5, 0.6) is 5.75 Å². The van der Waals surface area contributed by atoms with Gasteiger partial charge in [-0.25, -0.2) is 4.79 Å². The topological polar surface area (TPSA) is 89.5 Å². The molecule has 0 saturated heterocycles. The third kappa shape index (κ3) is 7.65. The van der Waals surface area contributed by atoms with Gasteiger partial charge in [0.25, 0.3) is 0 Å². The number of carbonyl (C=O) groups excluding carboxylic acids is 2. The minimum Gasteiger partial charge on any atom is -0.489 e. The monoisotopic (exact) mass is 385 g/mol. The van der Waals surface area contributed by atoms with Gasteiger partial charge in [-0.1, -0.05) is 18.2 Å². The molecule has 0 fully saturated rings. The van der Waals surface area contributed by atoms with Crippen LogP contribution >= 0.6 is 0 Å². The number of nitrogens with one attached hydrogen (secondary N) is 2. The second kappa shape index (κ2) is 9.73. The van der Waals surface area contributed by atoms with E-state index in [9.17, 15) is 9.59 Å². The number of hydrogen-bond acceptors (Lipinski definition) is 5. The molecule has 0 saturated carbocycles. The van der Waals surface area contributed by atoms with E-state index in [-0.39, 0.29) is 5.91 Å². The van der Waals surface area contributed by atoms with Crippen molar-refractivity contribution in [2.24, 2.45) is 0 Å². The molecule has 0 aliphatic rings. The Morgan fingerprint density at radius 3 is 2.43 bits per heavy atom. The molecule has 7 heteroatoms. The van der Waals surface area contributed by atoms with E-state index in [4.69, 9.17) is 9.47 Å². The predicted molar refractivity (Wildman–Crippen MR) is 106 cm³/mol. The number of ether oxygens (including phenoxy) is 2. The first-order valence-electron chi connectivity index (χ1n) is 9.11. The maximum atomic E-state index is 12.1. The second-order valence-corrected chi connectivity index (χ2v) is 7.38. The Morgan fingerprint density at radius 1 is 1.11 bits per heavy atom. The lowest BCUT2D eigenvalue weighted by atomic mass is 10.2. The molecule has 0 aliphatic heterocycles. The summed E-state index contributed by atoms with van der Waals surface area (Å²) in [7, 11) is 0. The van der Waals surface area contributed by atoms with Gasteiger partial charge < -0.3 is 20.1 Å².